The molecular weight excluding hydrogens is 374 g/mol. The molecule has 0 radical (unpaired) electrons. The fourth-order valence-corrected chi connectivity index (χ4v) is 3.69. The van der Waals surface area contributed by atoms with E-state index in [-0.39, 0.29) is 29.2 Å². The van der Waals surface area contributed by atoms with Crippen LogP contribution in [0.1, 0.15) is 65.1 Å². The lowest BCUT2D eigenvalue weighted by Gasteiger charge is -2.16. The molecule has 0 aliphatic heterocycles. The second-order valence-corrected chi connectivity index (χ2v) is 7.64. The Morgan fingerprint density at radius 2 is 1.64 bits per heavy atom. The Morgan fingerprint density at radius 3 is 2.36 bits per heavy atom. The van der Waals surface area contributed by atoms with Gasteiger partial charge in [0.1, 0.15) is 11.4 Å². The van der Waals surface area contributed by atoms with Crippen molar-refractivity contribution in [2.75, 3.05) is 6.54 Å². The third kappa shape index (κ3) is 6.06. The number of hydrogen-bond acceptors (Lipinski definition) is 3. The number of rotatable bonds is 6. The van der Waals surface area contributed by atoms with Gasteiger partial charge in [0.25, 0.3) is 11.8 Å². The first kappa shape index (κ1) is 20.3. The number of nitrogens with zero attached hydrogens (tertiary/aromatic N) is 1. The first-order chi connectivity index (χ1) is 13.6. The van der Waals surface area contributed by atoms with E-state index in [1.807, 2.05) is 24.3 Å². The molecule has 1 fully saturated rings. The predicted octanol–water partition coefficient (Wildman–Crippen LogP) is 4.16. The van der Waals surface area contributed by atoms with Crippen molar-refractivity contribution in [2.24, 2.45) is 0 Å². The molecule has 0 unspecified atom stereocenters. The summed E-state index contributed by atoms with van der Waals surface area (Å²) in [5, 5.41) is 6.59. The van der Waals surface area contributed by atoms with Crippen molar-refractivity contribution in [1.82, 2.24) is 15.6 Å². The van der Waals surface area contributed by atoms with E-state index in [4.69, 9.17) is 11.6 Å². The number of aromatic nitrogens is 1. The van der Waals surface area contributed by atoms with Gasteiger partial charge in [-0.2, -0.15) is 0 Å². The minimum Gasteiger partial charge on any atom is -0.350 e. The molecule has 1 heterocycles. The van der Waals surface area contributed by atoms with Crippen LogP contribution in [0, 0.1) is 0 Å². The Hall–Kier alpha value is -2.40. The first-order valence-corrected chi connectivity index (χ1v) is 10.3. The standard InChI is InChI=1S/C22H26ClN3O2/c23-17-8-5-7-16(15-17)13-14-24-21(27)19-11-6-12-20(26-19)22(28)25-18-9-3-1-2-4-10-18/h5-8,11-12,15,18H,1-4,9-10,13-14H2,(H,24,27)(H,25,28). The van der Waals surface area contributed by atoms with Crippen LogP contribution in [-0.4, -0.2) is 29.4 Å². The summed E-state index contributed by atoms with van der Waals surface area (Å²) in [6, 6.07) is 12.7. The number of carbonyl (C=O) groups is 2. The molecule has 2 N–H and O–H groups in total. The molecule has 1 saturated carbocycles. The van der Waals surface area contributed by atoms with Crippen LogP contribution in [0.4, 0.5) is 0 Å². The van der Waals surface area contributed by atoms with Crippen LogP contribution in [0.2, 0.25) is 5.02 Å². The van der Waals surface area contributed by atoms with Gasteiger partial charge in [0.15, 0.2) is 0 Å². The number of pyridine rings is 1. The van der Waals surface area contributed by atoms with E-state index < -0.39 is 0 Å². The highest BCUT2D eigenvalue weighted by Gasteiger charge is 2.17. The molecule has 5 nitrogen and oxygen atoms in total. The molecule has 6 heteroatoms. The Kier molecular flexibility index (Phi) is 7.43. The SMILES string of the molecule is O=C(NCCc1cccc(Cl)c1)c1cccc(C(=O)NC2CCCCCC2)n1. The van der Waals surface area contributed by atoms with Gasteiger partial charge in [0, 0.05) is 17.6 Å². The summed E-state index contributed by atoms with van der Waals surface area (Å²) in [7, 11) is 0. The Balaban J connectivity index is 1.54. The second kappa shape index (κ2) is 10.2. The summed E-state index contributed by atoms with van der Waals surface area (Å²) in [4.78, 5) is 29.1. The lowest BCUT2D eigenvalue weighted by Crippen LogP contribution is -2.35. The van der Waals surface area contributed by atoms with Crippen LogP contribution in [-0.2, 0) is 6.42 Å². The normalized spacial score (nSPS) is 14.9. The van der Waals surface area contributed by atoms with Crippen molar-refractivity contribution in [2.45, 2.75) is 51.0 Å². The quantitative estimate of drug-likeness (QED) is 0.716. The predicted molar refractivity (Wildman–Crippen MR) is 111 cm³/mol. The smallest absolute Gasteiger partial charge is 0.270 e. The molecule has 3 rings (SSSR count). The minimum atomic E-state index is -0.286. The highest BCUT2D eigenvalue weighted by Crippen LogP contribution is 2.17. The van der Waals surface area contributed by atoms with Crippen molar-refractivity contribution in [1.29, 1.82) is 0 Å². The van der Waals surface area contributed by atoms with E-state index >= 15 is 0 Å². The molecule has 1 aliphatic carbocycles. The van der Waals surface area contributed by atoms with Crippen LogP contribution >= 0.6 is 11.6 Å². The van der Waals surface area contributed by atoms with Gasteiger partial charge < -0.3 is 10.6 Å². The number of nitrogens with one attached hydrogen (secondary N) is 2. The van der Waals surface area contributed by atoms with Crippen LogP contribution in [0.5, 0.6) is 0 Å². The number of halogens is 1. The molecule has 2 aromatic rings. The number of amides is 2. The molecule has 0 spiro atoms. The Labute approximate surface area is 170 Å². The summed E-state index contributed by atoms with van der Waals surface area (Å²) in [5.74, 6) is -0.494. The maximum absolute atomic E-state index is 12.5. The monoisotopic (exact) mass is 399 g/mol. The van der Waals surface area contributed by atoms with Gasteiger partial charge in [0.05, 0.1) is 0 Å². The molecule has 148 valence electrons. The number of benzene rings is 1. The molecule has 2 amide bonds. The molecule has 1 aliphatic rings. The molecule has 0 saturated heterocycles. The molecule has 28 heavy (non-hydrogen) atoms. The summed E-state index contributed by atoms with van der Waals surface area (Å²) < 4.78 is 0. The summed E-state index contributed by atoms with van der Waals surface area (Å²) >= 11 is 5.97. The molecule has 0 atom stereocenters. The second-order valence-electron chi connectivity index (χ2n) is 7.21. The van der Waals surface area contributed by atoms with Gasteiger partial charge >= 0.3 is 0 Å². The van der Waals surface area contributed by atoms with Gasteiger partial charge in [-0.25, -0.2) is 4.98 Å². The lowest BCUT2D eigenvalue weighted by molar-refractivity contribution is 0.0927. The lowest BCUT2D eigenvalue weighted by atomic mass is 10.1. The molecule has 0 bridgehead atoms. The third-order valence-corrected chi connectivity index (χ3v) is 5.23. The van der Waals surface area contributed by atoms with Crippen molar-refractivity contribution in [3.63, 3.8) is 0 Å². The van der Waals surface area contributed by atoms with E-state index in [9.17, 15) is 9.59 Å². The fourth-order valence-electron chi connectivity index (χ4n) is 3.47. The average molecular weight is 400 g/mol. The van der Waals surface area contributed by atoms with Crippen molar-refractivity contribution in [3.8, 4) is 0 Å². The zero-order valence-electron chi connectivity index (χ0n) is 15.9. The molecule has 1 aromatic carbocycles. The molecule has 1 aromatic heterocycles. The van der Waals surface area contributed by atoms with E-state index in [0.717, 1.165) is 31.2 Å². The molecular formula is C22H26ClN3O2. The maximum Gasteiger partial charge on any atom is 0.270 e. The highest BCUT2D eigenvalue weighted by atomic mass is 35.5. The van der Waals surface area contributed by atoms with Gasteiger partial charge in [-0.3, -0.25) is 9.59 Å². The summed E-state index contributed by atoms with van der Waals surface area (Å²) in [5.41, 5.74) is 1.59. The zero-order chi connectivity index (χ0) is 19.8. The van der Waals surface area contributed by atoms with Crippen LogP contribution in [0.3, 0.4) is 0 Å². The van der Waals surface area contributed by atoms with Crippen LogP contribution in [0.25, 0.3) is 0 Å². The van der Waals surface area contributed by atoms with Crippen molar-refractivity contribution in [3.05, 3.63) is 64.4 Å². The van der Waals surface area contributed by atoms with Crippen LogP contribution < -0.4 is 10.6 Å². The minimum absolute atomic E-state index is 0.201. The van der Waals surface area contributed by atoms with Crippen LogP contribution in [0.15, 0.2) is 42.5 Å². The number of hydrogen-bond donors (Lipinski definition) is 2. The van der Waals surface area contributed by atoms with Crippen molar-refractivity contribution < 1.29 is 9.59 Å². The van der Waals surface area contributed by atoms with Crippen molar-refractivity contribution >= 4 is 23.4 Å². The summed E-state index contributed by atoms with van der Waals surface area (Å²) in [6.07, 6.45) is 7.45. The van der Waals surface area contributed by atoms with E-state index in [1.165, 1.54) is 12.8 Å². The maximum atomic E-state index is 12.5. The topological polar surface area (TPSA) is 71.1 Å². The Morgan fingerprint density at radius 1 is 0.964 bits per heavy atom. The average Bonchev–Trinajstić information content (AvgIpc) is 2.97. The van der Waals surface area contributed by atoms with E-state index in [0.29, 0.717) is 18.0 Å². The van der Waals surface area contributed by atoms with Gasteiger partial charge in [-0.1, -0.05) is 55.5 Å². The van der Waals surface area contributed by atoms with E-state index in [2.05, 4.69) is 15.6 Å². The Bertz CT molecular complexity index is 817. The van der Waals surface area contributed by atoms with Gasteiger partial charge in [0.2, 0.25) is 0 Å². The third-order valence-electron chi connectivity index (χ3n) is 4.99. The van der Waals surface area contributed by atoms with Gasteiger partial charge in [-0.15, -0.1) is 0 Å². The first-order valence-electron chi connectivity index (χ1n) is 9.92. The summed E-state index contributed by atoms with van der Waals surface area (Å²) in [6.45, 7) is 0.472. The fraction of sp³-hybridized carbons (Fsp3) is 0.409. The highest BCUT2D eigenvalue weighted by molar-refractivity contribution is 6.30. The zero-order valence-corrected chi connectivity index (χ0v) is 16.7. The van der Waals surface area contributed by atoms with E-state index in [1.54, 1.807) is 18.2 Å². The number of carbonyl (C=O) groups excluding carboxylic acids is 2. The largest absolute Gasteiger partial charge is 0.350 e. The van der Waals surface area contributed by atoms with Gasteiger partial charge in [-0.05, 0) is 49.1 Å².